The average Bonchev–Trinajstić information content (AvgIpc) is 3.30. The summed E-state index contributed by atoms with van der Waals surface area (Å²) in [5.41, 5.74) is 11.9. The second kappa shape index (κ2) is 6.39. The van der Waals surface area contributed by atoms with Crippen molar-refractivity contribution >= 4 is 43.2 Å². The Morgan fingerprint density at radius 1 is 0.553 bits per heavy atom. The Kier molecular flexibility index (Phi) is 3.49. The van der Waals surface area contributed by atoms with Gasteiger partial charge in [-0.05, 0) is 101 Å². The normalized spacial score (nSPS) is 16.3. The van der Waals surface area contributed by atoms with Crippen LogP contribution < -0.4 is 0 Å². The van der Waals surface area contributed by atoms with Crippen molar-refractivity contribution in [2.45, 2.75) is 38.5 Å². The van der Waals surface area contributed by atoms with Gasteiger partial charge in [0.1, 0.15) is 6.33 Å². The molecule has 1 aromatic heterocycles. The number of aromatic nitrogens is 2. The van der Waals surface area contributed by atoms with Gasteiger partial charge in [-0.2, -0.15) is 0 Å². The second-order valence-electron chi connectivity index (χ2n) is 12.3. The van der Waals surface area contributed by atoms with E-state index in [9.17, 15) is 0 Å². The molecule has 180 valence electrons. The molecule has 0 N–H and O–H groups in total. The highest BCUT2D eigenvalue weighted by Gasteiger charge is 2.43. The standard InChI is InChI=1S/C36H26N2/c1-35(2)26-12-13-30-25(17-37-18-38-30)34(26)24-16-28-23(15-27(24)35)33-22-11-10-20-7-5-6-19-8-9-21(32(22)31(19)20)14-29(33)36(28,3)4/h5-18H,1-4H3. The van der Waals surface area contributed by atoms with Crippen LogP contribution >= 0.6 is 0 Å². The van der Waals surface area contributed by atoms with Gasteiger partial charge in [0, 0.05) is 22.4 Å². The molecule has 9 rings (SSSR count). The first kappa shape index (κ1) is 20.7. The molecule has 0 saturated carbocycles. The van der Waals surface area contributed by atoms with Crippen LogP contribution in [-0.2, 0) is 10.8 Å². The van der Waals surface area contributed by atoms with E-state index in [0.29, 0.717) is 0 Å². The highest BCUT2D eigenvalue weighted by Crippen LogP contribution is 2.59. The van der Waals surface area contributed by atoms with Crippen molar-refractivity contribution in [1.29, 1.82) is 0 Å². The minimum Gasteiger partial charge on any atom is -0.244 e. The summed E-state index contributed by atoms with van der Waals surface area (Å²) in [6, 6.07) is 27.9. The predicted octanol–water partition coefficient (Wildman–Crippen LogP) is 9.14. The molecule has 0 atom stereocenters. The fourth-order valence-corrected chi connectivity index (χ4v) is 7.80. The van der Waals surface area contributed by atoms with E-state index in [2.05, 4.69) is 110 Å². The first-order valence-electron chi connectivity index (χ1n) is 13.5. The Labute approximate surface area is 221 Å². The number of fused-ring (bicyclic) bond motifs is 9. The Morgan fingerprint density at radius 2 is 1.21 bits per heavy atom. The molecule has 0 amide bonds. The maximum Gasteiger partial charge on any atom is 0.116 e. The summed E-state index contributed by atoms with van der Waals surface area (Å²) in [7, 11) is 0. The van der Waals surface area contributed by atoms with Crippen LogP contribution in [0.5, 0.6) is 0 Å². The third kappa shape index (κ3) is 2.23. The third-order valence-electron chi connectivity index (χ3n) is 9.73. The van der Waals surface area contributed by atoms with Crippen molar-refractivity contribution in [1.82, 2.24) is 9.97 Å². The van der Waals surface area contributed by atoms with Gasteiger partial charge in [-0.25, -0.2) is 9.97 Å². The molecule has 0 aliphatic heterocycles. The minimum absolute atomic E-state index is 0.0968. The number of benzene rings is 6. The minimum atomic E-state index is -0.0991. The molecule has 7 aromatic rings. The van der Waals surface area contributed by atoms with Crippen molar-refractivity contribution in [2.75, 3.05) is 0 Å². The molecular formula is C36H26N2. The van der Waals surface area contributed by atoms with Crippen molar-refractivity contribution in [3.05, 3.63) is 108 Å². The summed E-state index contributed by atoms with van der Waals surface area (Å²) in [6.45, 7) is 9.53. The summed E-state index contributed by atoms with van der Waals surface area (Å²) in [6.07, 6.45) is 3.64. The van der Waals surface area contributed by atoms with E-state index >= 15 is 0 Å². The topological polar surface area (TPSA) is 25.8 Å². The lowest BCUT2D eigenvalue weighted by Crippen LogP contribution is -2.17. The molecule has 0 bridgehead atoms. The first-order chi connectivity index (χ1) is 18.4. The van der Waals surface area contributed by atoms with Crippen LogP contribution in [0, 0.1) is 0 Å². The fourth-order valence-electron chi connectivity index (χ4n) is 7.80. The molecule has 2 nitrogen and oxygen atoms in total. The Bertz CT molecular complexity index is 2170. The molecule has 2 heteroatoms. The maximum atomic E-state index is 4.58. The van der Waals surface area contributed by atoms with Crippen molar-refractivity contribution in [3.63, 3.8) is 0 Å². The quantitative estimate of drug-likeness (QED) is 0.200. The van der Waals surface area contributed by atoms with E-state index in [4.69, 9.17) is 0 Å². The third-order valence-corrected chi connectivity index (χ3v) is 9.73. The molecule has 2 aliphatic rings. The Hall–Kier alpha value is -4.30. The number of hydrogen-bond donors (Lipinski definition) is 0. The molecular weight excluding hydrogens is 460 g/mol. The van der Waals surface area contributed by atoms with Gasteiger partial charge in [0.15, 0.2) is 0 Å². The summed E-state index contributed by atoms with van der Waals surface area (Å²) < 4.78 is 0. The molecule has 0 fully saturated rings. The monoisotopic (exact) mass is 486 g/mol. The van der Waals surface area contributed by atoms with Gasteiger partial charge in [0.2, 0.25) is 0 Å². The Balaban J connectivity index is 1.43. The number of nitrogens with zero attached hydrogens (tertiary/aromatic N) is 2. The molecule has 6 aromatic carbocycles. The van der Waals surface area contributed by atoms with Gasteiger partial charge >= 0.3 is 0 Å². The van der Waals surface area contributed by atoms with Crippen LogP contribution in [0.1, 0.15) is 49.9 Å². The number of rotatable bonds is 0. The van der Waals surface area contributed by atoms with Crippen LogP contribution in [-0.4, -0.2) is 9.97 Å². The smallest absolute Gasteiger partial charge is 0.116 e. The predicted molar refractivity (Wildman–Crippen MR) is 158 cm³/mol. The summed E-state index contributed by atoms with van der Waals surface area (Å²) in [5, 5.41) is 9.28. The van der Waals surface area contributed by atoms with Gasteiger partial charge in [-0.15, -0.1) is 0 Å². The highest BCUT2D eigenvalue weighted by atomic mass is 14.8. The zero-order valence-electron chi connectivity index (χ0n) is 22.0. The molecule has 1 heterocycles. The van der Waals surface area contributed by atoms with E-state index in [-0.39, 0.29) is 10.8 Å². The maximum absolute atomic E-state index is 4.58. The van der Waals surface area contributed by atoms with Crippen LogP contribution in [0.4, 0.5) is 0 Å². The summed E-state index contributed by atoms with van der Waals surface area (Å²) >= 11 is 0. The largest absolute Gasteiger partial charge is 0.244 e. The van der Waals surface area contributed by atoms with Crippen molar-refractivity contribution in [2.24, 2.45) is 0 Å². The van der Waals surface area contributed by atoms with Gasteiger partial charge in [0.05, 0.1) is 5.52 Å². The van der Waals surface area contributed by atoms with Crippen LogP contribution in [0.2, 0.25) is 0 Å². The number of hydrogen-bond acceptors (Lipinski definition) is 2. The van der Waals surface area contributed by atoms with E-state index in [1.54, 1.807) is 6.33 Å². The molecule has 2 aliphatic carbocycles. The van der Waals surface area contributed by atoms with E-state index in [1.165, 1.54) is 76.8 Å². The average molecular weight is 487 g/mol. The van der Waals surface area contributed by atoms with E-state index in [1.807, 2.05) is 6.20 Å². The molecule has 38 heavy (non-hydrogen) atoms. The molecule has 0 radical (unpaired) electrons. The fraction of sp³-hybridized carbons (Fsp3) is 0.167. The lowest BCUT2D eigenvalue weighted by molar-refractivity contribution is 0.652. The van der Waals surface area contributed by atoms with Gasteiger partial charge in [-0.1, -0.05) is 76.2 Å². The first-order valence-corrected chi connectivity index (χ1v) is 13.5. The van der Waals surface area contributed by atoms with E-state index < -0.39 is 0 Å². The summed E-state index contributed by atoms with van der Waals surface area (Å²) in [5.74, 6) is 0. The van der Waals surface area contributed by atoms with E-state index in [0.717, 1.165) is 10.9 Å². The molecule has 0 spiro atoms. The highest BCUT2D eigenvalue weighted by molar-refractivity contribution is 6.26. The SMILES string of the molecule is CC1(C)c2cc3c(cc2-c2c1ccc1ncncc21)C(C)(C)c1cc2ccc4cccc5ccc(c1-3)c2c45. The zero-order chi connectivity index (χ0) is 25.6. The zero-order valence-corrected chi connectivity index (χ0v) is 22.0. The van der Waals surface area contributed by atoms with Crippen LogP contribution in [0.15, 0.2) is 85.3 Å². The van der Waals surface area contributed by atoms with Crippen LogP contribution in [0.3, 0.4) is 0 Å². The second-order valence-corrected chi connectivity index (χ2v) is 12.3. The van der Waals surface area contributed by atoms with Crippen molar-refractivity contribution in [3.8, 4) is 22.3 Å². The molecule has 0 unspecified atom stereocenters. The van der Waals surface area contributed by atoms with Gasteiger partial charge in [0.25, 0.3) is 0 Å². The lowest BCUT2D eigenvalue weighted by atomic mass is 9.79. The van der Waals surface area contributed by atoms with Gasteiger partial charge in [-0.3, -0.25) is 0 Å². The van der Waals surface area contributed by atoms with Gasteiger partial charge < -0.3 is 0 Å². The lowest BCUT2D eigenvalue weighted by Gasteiger charge is -2.24. The molecule has 0 saturated heterocycles. The Morgan fingerprint density at radius 3 is 1.97 bits per heavy atom. The summed E-state index contributed by atoms with van der Waals surface area (Å²) in [4.78, 5) is 8.99. The van der Waals surface area contributed by atoms with Crippen LogP contribution in [0.25, 0.3) is 65.5 Å². The van der Waals surface area contributed by atoms with Crippen molar-refractivity contribution < 1.29 is 0 Å².